The minimum absolute atomic E-state index is 0.0985. The second-order valence-corrected chi connectivity index (χ2v) is 7.68. The van der Waals surface area contributed by atoms with Gasteiger partial charge in [-0.25, -0.2) is 15.0 Å². The Balaban J connectivity index is 1.40. The van der Waals surface area contributed by atoms with Gasteiger partial charge in [-0.1, -0.05) is 0 Å². The second-order valence-electron chi connectivity index (χ2n) is 6.83. The lowest BCUT2D eigenvalue weighted by Gasteiger charge is -2.35. The Morgan fingerprint density at radius 2 is 1.58 bits per heavy atom. The number of rotatable bonds is 3. The Hall–Kier alpha value is -2.22. The van der Waals surface area contributed by atoms with E-state index in [9.17, 15) is 4.79 Å². The van der Waals surface area contributed by atoms with Crippen LogP contribution in [0.4, 0.5) is 11.6 Å². The number of aromatic nitrogens is 3. The Morgan fingerprint density at radius 1 is 0.923 bits per heavy atom. The molecule has 8 heteroatoms. The lowest BCUT2D eigenvalue weighted by molar-refractivity contribution is 0.0750. The minimum Gasteiger partial charge on any atom is -0.356 e. The highest BCUT2D eigenvalue weighted by atomic mass is 32.1. The smallest absolute Gasteiger partial charge is 0.265 e. The zero-order chi connectivity index (χ0) is 17.9. The van der Waals surface area contributed by atoms with Crippen LogP contribution in [0.15, 0.2) is 17.9 Å². The molecule has 138 valence electrons. The molecule has 0 unspecified atom stereocenters. The first-order valence-corrected chi connectivity index (χ1v) is 10.1. The van der Waals surface area contributed by atoms with Gasteiger partial charge in [0.05, 0.1) is 11.2 Å². The number of piperazine rings is 1. The topological polar surface area (TPSA) is 65.5 Å². The van der Waals surface area contributed by atoms with Crippen molar-refractivity contribution in [2.24, 2.45) is 0 Å². The monoisotopic (exact) mass is 372 g/mol. The number of piperidine rings is 1. The van der Waals surface area contributed by atoms with Crippen molar-refractivity contribution in [3.8, 4) is 0 Å². The Labute approximate surface area is 157 Å². The molecule has 0 atom stereocenters. The molecule has 2 aliphatic rings. The van der Waals surface area contributed by atoms with E-state index >= 15 is 0 Å². The quantitative estimate of drug-likeness (QED) is 0.823. The molecule has 2 aromatic rings. The molecule has 0 N–H and O–H groups in total. The largest absolute Gasteiger partial charge is 0.356 e. The molecule has 4 rings (SSSR count). The zero-order valence-corrected chi connectivity index (χ0v) is 15.9. The predicted octanol–water partition coefficient (Wildman–Crippen LogP) is 2.19. The summed E-state index contributed by atoms with van der Waals surface area (Å²) in [5.74, 6) is 2.08. The molecular formula is C18H24N6OS. The molecule has 1 amide bonds. The second kappa shape index (κ2) is 7.57. The van der Waals surface area contributed by atoms with Crippen LogP contribution < -0.4 is 9.80 Å². The van der Waals surface area contributed by atoms with E-state index in [2.05, 4.69) is 30.8 Å². The number of hydrogen-bond donors (Lipinski definition) is 0. The Morgan fingerprint density at radius 3 is 2.19 bits per heavy atom. The fourth-order valence-electron chi connectivity index (χ4n) is 3.60. The van der Waals surface area contributed by atoms with Gasteiger partial charge in [-0.2, -0.15) is 0 Å². The van der Waals surface area contributed by atoms with Gasteiger partial charge < -0.3 is 14.7 Å². The van der Waals surface area contributed by atoms with E-state index in [4.69, 9.17) is 0 Å². The zero-order valence-electron chi connectivity index (χ0n) is 15.1. The number of anilines is 2. The standard InChI is InChI=1S/C18H24N6OS/c1-14-17(26-13-21-14)18(25)24-9-7-23(8-10-24)16-11-15(19-12-20-16)22-5-3-2-4-6-22/h11-13H,2-10H2,1H3. The number of nitrogens with zero attached hydrogens (tertiary/aromatic N) is 6. The number of amides is 1. The maximum atomic E-state index is 12.6. The third kappa shape index (κ3) is 3.51. The van der Waals surface area contributed by atoms with Gasteiger partial charge in [-0.3, -0.25) is 4.79 Å². The highest BCUT2D eigenvalue weighted by Gasteiger charge is 2.25. The predicted molar refractivity (Wildman–Crippen MR) is 103 cm³/mol. The first-order chi connectivity index (χ1) is 12.7. The van der Waals surface area contributed by atoms with Crippen molar-refractivity contribution in [3.05, 3.63) is 28.5 Å². The van der Waals surface area contributed by atoms with E-state index in [1.54, 1.807) is 11.8 Å². The summed E-state index contributed by atoms with van der Waals surface area (Å²) >= 11 is 1.42. The first-order valence-electron chi connectivity index (χ1n) is 9.23. The maximum Gasteiger partial charge on any atom is 0.265 e. The molecule has 0 radical (unpaired) electrons. The van der Waals surface area contributed by atoms with Gasteiger partial charge in [-0.05, 0) is 26.2 Å². The lowest BCUT2D eigenvalue weighted by atomic mass is 10.1. The van der Waals surface area contributed by atoms with E-state index < -0.39 is 0 Å². The van der Waals surface area contributed by atoms with E-state index in [0.717, 1.165) is 48.4 Å². The van der Waals surface area contributed by atoms with Crippen LogP contribution in [0, 0.1) is 6.92 Å². The highest BCUT2D eigenvalue weighted by Crippen LogP contribution is 2.23. The minimum atomic E-state index is 0.0985. The fraction of sp³-hybridized carbons (Fsp3) is 0.556. The van der Waals surface area contributed by atoms with Gasteiger partial charge in [0.1, 0.15) is 22.8 Å². The average Bonchev–Trinajstić information content (AvgIpc) is 3.14. The Kier molecular flexibility index (Phi) is 5.01. The van der Waals surface area contributed by atoms with Crippen molar-refractivity contribution in [3.63, 3.8) is 0 Å². The summed E-state index contributed by atoms with van der Waals surface area (Å²) in [6, 6.07) is 2.09. The van der Waals surface area contributed by atoms with E-state index in [1.807, 2.05) is 11.8 Å². The highest BCUT2D eigenvalue weighted by molar-refractivity contribution is 7.11. The molecule has 7 nitrogen and oxygen atoms in total. The summed E-state index contributed by atoms with van der Waals surface area (Å²) in [6.07, 6.45) is 5.44. The van der Waals surface area contributed by atoms with E-state index in [0.29, 0.717) is 13.1 Å². The van der Waals surface area contributed by atoms with Crippen LogP contribution in [-0.4, -0.2) is 65.0 Å². The van der Waals surface area contributed by atoms with Gasteiger partial charge in [0.2, 0.25) is 0 Å². The summed E-state index contributed by atoms with van der Waals surface area (Å²) in [6.45, 7) is 7.04. The summed E-state index contributed by atoms with van der Waals surface area (Å²) in [5, 5.41) is 0. The molecule has 2 fully saturated rings. The third-order valence-corrected chi connectivity index (χ3v) is 6.07. The van der Waals surface area contributed by atoms with Gasteiger partial charge in [0.15, 0.2) is 0 Å². The average molecular weight is 372 g/mol. The summed E-state index contributed by atoms with van der Waals surface area (Å²) in [4.78, 5) is 33.0. The van der Waals surface area contributed by atoms with Crippen LogP contribution in [0.5, 0.6) is 0 Å². The van der Waals surface area contributed by atoms with Crippen molar-refractivity contribution in [2.75, 3.05) is 49.1 Å². The summed E-state index contributed by atoms with van der Waals surface area (Å²) < 4.78 is 0. The molecule has 2 aliphatic heterocycles. The van der Waals surface area contributed by atoms with Crippen molar-refractivity contribution < 1.29 is 4.79 Å². The normalized spacial score (nSPS) is 18.3. The van der Waals surface area contributed by atoms with Gasteiger partial charge in [0.25, 0.3) is 5.91 Å². The molecule has 0 aromatic carbocycles. The Bertz CT molecular complexity index is 765. The van der Waals surface area contributed by atoms with Crippen LogP contribution in [0.25, 0.3) is 0 Å². The van der Waals surface area contributed by atoms with Gasteiger partial charge in [-0.15, -0.1) is 11.3 Å². The first kappa shape index (κ1) is 17.2. The van der Waals surface area contributed by atoms with Crippen LogP contribution in [0.1, 0.15) is 34.6 Å². The molecule has 2 saturated heterocycles. The molecule has 0 saturated carbocycles. The van der Waals surface area contributed by atoms with E-state index in [1.165, 1.54) is 30.6 Å². The van der Waals surface area contributed by atoms with Gasteiger partial charge in [0, 0.05) is 45.3 Å². The molecule has 0 aliphatic carbocycles. The van der Waals surface area contributed by atoms with Crippen molar-refractivity contribution in [1.29, 1.82) is 0 Å². The van der Waals surface area contributed by atoms with Crippen LogP contribution in [0.2, 0.25) is 0 Å². The summed E-state index contributed by atoms with van der Waals surface area (Å²) in [7, 11) is 0. The van der Waals surface area contributed by atoms with Crippen LogP contribution in [-0.2, 0) is 0 Å². The lowest BCUT2D eigenvalue weighted by Crippen LogP contribution is -2.49. The molecule has 26 heavy (non-hydrogen) atoms. The van der Waals surface area contributed by atoms with Crippen LogP contribution in [0.3, 0.4) is 0 Å². The van der Waals surface area contributed by atoms with Crippen LogP contribution >= 0.6 is 11.3 Å². The number of hydrogen-bond acceptors (Lipinski definition) is 7. The molecule has 2 aromatic heterocycles. The molecule has 0 bridgehead atoms. The maximum absolute atomic E-state index is 12.6. The number of thiazole rings is 1. The van der Waals surface area contributed by atoms with E-state index in [-0.39, 0.29) is 5.91 Å². The van der Waals surface area contributed by atoms with Crippen molar-refractivity contribution >= 4 is 28.9 Å². The van der Waals surface area contributed by atoms with Gasteiger partial charge >= 0.3 is 0 Å². The molecule has 4 heterocycles. The molecular weight excluding hydrogens is 348 g/mol. The third-order valence-electron chi connectivity index (χ3n) is 5.15. The van der Waals surface area contributed by atoms with Crippen molar-refractivity contribution in [2.45, 2.75) is 26.2 Å². The number of carbonyl (C=O) groups excluding carboxylic acids is 1. The fourth-order valence-corrected chi connectivity index (χ4v) is 4.36. The number of aryl methyl sites for hydroxylation is 1. The SMILES string of the molecule is Cc1ncsc1C(=O)N1CCN(c2cc(N3CCCCC3)ncn2)CC1. The summed E-state index contributed by atoms with van der Waals surface area (Å²) in [5.41, 5.74) is 2.56. The van der Waals surface area contributed by atoms with Crippen molar-refractivity contribution in [1.82, 2.24) is 19.9 Å². The molecule has 0 spiro atoms. The number of carbonyl (C=O) groups is 1.